The van der Waals surface area contributed by atoms with Gasteiger partial charge in [-0.05, 0) is 115 Å². The van der Waals surface area contributed by atoms with Gasteiger partial charge in [0.05, 0.1) is 23.9 Å². The van der Waals surface area contributed by atoms with Crippen LogP contribution in [0.4, 0.5) is 0 Å². The molecule has 0 amide bonds. The van der Waals surface area contributed by atoms with Gasteiger partial charge < -0.3 is 28.1 Å². The highest BCUT2D eigenvalue weighted by molar-refractivity contribution is 8.18. The summed E-state index contributed by atoms with van der Waals surface area (Å²) in [7, 11) is -0.789. The van der Waals surface area contributed by atoms with Gasteiger partial charge in [0.1, 0.15) is 0 Å². The van der Waals surface area contributed by atoms with Crippen molar-refractivity contribution < 1.29 is 28.1 Å². The van der Waals surface area contributed by atoms with Crippen LogP contribution in [0.5, 0.6) is 11.5 Å². The molecule has 3 aliphatic rings. The van der Waals surface area contributed by atoms with Crippen molar-refractivity contribution in [2.75, 3.05) is 38.4 Å². The van der Waals surface area contributed by atoms with Gasteiger partial charge in [0, 0.05) is 19.6 Å². The van der Waals surface area contributed by atoms with E-state index in [2.05, 4.69) is 123 Å². The fraction of sp³-hybridized carbons (Fsp3) is 0.609. The summed E-state index contributed by atoms with van der Waals surface area (Å²) in [4.78, 5) is 0. The van der Waals surface area contributed by atoms with Crippen LogP contribution < -0.4 is 19.8 Å². The third kappa shape index (κ3) is 11.8. The minimum absolute atomic E-state index is 0.0108. The zero-order valence-electron chi connectivity index (χ0n) is 33.9. The Morgan fingerprint density at radius 3 is 2.02 bits per heavy atom. The Hall–Kier alpha value is -1.98. The molecule has 0 aliphatic carbocycles. The predicted molar refractivity (Wildman–Crippen MR) is 233 cm³/mol. The lowest BCUT2D eigenvalue weighted by atomic mass is 10.0. The second-order valence-electron chi connectivity index (χ2n) is 16.5. The van der Waals surface area contributed by atoms with Crippen molar-refractivity contribution in [1.82, 2.24) is 0 Å². The molecule has 6 rings (SSSR count). The zero-order valence-corrected chi connectivity index (χ0v) is 36.6. The highest BCUT2D eigenvalue weighted by Gasteiger charge is 2.50. The fourth-order valence-corrected chi connectivity index (χ4v) is 16.5. The first kappa shape index (κ1) is 42.6. The topological polar surface area (TPSA) is 55.4 Å². The molecule has 3 saturated heterocycles. The van der Waals surface area contributed by atoms with Gasteiger partial charge in [0.15, 0.2) is 24.1 Å². The molecule has 3 fully saturated rings. The van der Waals surface area contributed by atoms with Crippen LogP contribution in [0.1, 0.15) is 110 Å². The average Bonchev–Trinajstić information content (AvgIpc) is 3.21. The number of hydrogen-bond acceptors (Lipinski definition) is 8. The summed E-state index contributed by atoms with van der Waals surface area (Å²) in [5, 5.41) is 2.68. The van der Waals surface area contributed by atoms with E-state index in [9.17, 15) is 0 Å². The molecule has 2 unspecified atom stereocenters. The summed E-state index contributed by atoms with van der Waals surface area (Å²) in [5.41, 5.74) is 1.29. The van der Waals surface area contributed by atoms with Crippen LogP contribution in [-0.4, -0.2) is 69.5 Å². The Morgan fingerprint density at radius 1 is 0.764 bits per heavy atom. The third-order valence-corrected chi connectivity index (χ3v) is 19.9. The van der Waals surface area contributed by atoms with Gasteiger partial charge in [0.25, 0.3) is 8.32 Å². The van der Waals surface area contributed by atoms with Crippen molar-refractivity contribution in [2.24, 2.45) is 0 Å². The molecule has 3 atom stereocenters. The van der Waals surface area contributed by atoms with Gasteiger partial charge in [-0.3, -0.25) is 0 Å². The molecular formula is C46H66O6S2Si. The summed E-state index contributed by atoms with van der Waals surface area (Å²) in [5.74, 6) is 3.97. The standard InChI is InChI=1S/C46H66O6S2Si/c1-45(2,3)55(39-20-9-5-10-21-39,40-22-11-6-12-23-40)50-32-15-7-8-19-38(51-43-24-13-16-30-48-43)36-46(53-33-18-34-54-46)29-28-37-26-27-41(42(35-37)47-4)52-44-25-14-17-31-49-44/h5-6,9-12,20-23,26-27,35,38,43-44H,7-8,13-19,24-25,28-34,36H2,1-4H3/t38-,43?,44?/m0/s1. The van der Waals surface area contributed by atoms with Crippen molar-refractivity contribution in [3.63, 3.8) is 0 Å². The summed E-state index contributed by atoms with van der Waals surface area (Å²) in [6, 6.07) is 28.5. The van der Waals surface area contributed by atoms with Crippen LogP contribution in [0.25, 0.3) is 0 Å². The van der Waals surface area contributed by atoms with Gasteiger partial charge in [0.2, 0.25) is 0 Å². The maximum atomic E-state index is 7.23. The van der Waals surface area contributed by atoms with Crippen molar-refractivity contribution in [3.8, 4) is 11.5 Å². The molecule has 0 radical (unpaired) electrons. The lowest BCUT2D eigenvalue weighted by Gasteiger charge is -2.43. The molecule has 3 aromatic carbocycles. The first-order chi connectivity index (χ1) is 26.8. The van der Waals surface area contributed by atoms with Crippen LogP contribution in [0.3, 0.4) is 0 Å². The van der Waals surface area contributed by atoms with E-state index in [0.717, 1.165) is 108 Å². The van der Waals surface area contributed by atoms with E-state index in [4.69, 9.17) is 28.1 Å². The monoisotopic (exact) mass is 806 g/mol. The van der Waals surface area contributed by atoms with Crippen LogP contribution in [0, 0.1) is 0 Å². The SMILES string of the molecule is COc1cc(CCC2(C[C@H](CCCCCO[Si](c3ccccc3)(c3ccccc3)C(C)(C)C)OC3CCCCO3)SCCCS2)ccc1OC1CCCCO1. The molecule has 3 heterocycles. The van der Waals surface area contributed by atoms with Crippen LogP contribution in [0.2, 0.25) is 5.04 Å². The fourth-order valence-electron chi connectivity index (χ4n) is 8.46. The molecule has 0 saturated carbocycles. The van der Waals surface area contributed by atoms with Crippen LogP contribution in [0.15, 0.2) is 78.9 Å². The molecule has 9 heteroatoms. The van der Waals surface area contributed by atoms with E-state index < -0.39 is 8.32 Å². The Labute approximate surface area is 341 Å². The van der Waals surface area contributed by atoms with Gasteiger partial charge in [-0.1, -0.05) is 100 Å². The molecule has 0 spiro atoms. The van der Waals surface area contributed by atoms with E-state index in [1.807, 2.05) is 0 Å². The Bertz CT molecular complexity index is 1500. The summed E-state index contributed by atoms with van der Waals surface area (Å²) < 4.78 is 38.3. The minimum atomic E-state index is -2.52. The maximum absolute atomic E-state index is 7.23. The lowest BCUT2D eigenvalue weighted by molar-refractivity contribution is -0.191. The zero-order chi connectivity index (χ0) is 38.4. The van der Waals surface area contributed by atoms with Crippen molar-refractivity contribution in [3.05, 3.63) is 84.4 Å². The third-order valence-electron chi connectivity index (χ3n) is 11.4. The molecule has 3 aliphatic heterocycles. The number of ether oxygens (including phenoxy) is 5. The van der Waals surface area contributed by atoms with Crippen LogP contribution >= 0.6 is 23.5 Å². The number of rotatable bonds is 19. The molecule has 0 aromatic heterocycles. The van der Waals surface area contributed by atoms with Crippen LogP contribution in [-0.2, 0) is 25.1 Å². The normalized spacial score (nSPS) is 21.2. The second-order valence-corrected chi connectivity index (χ2v) is 24.0. The molecule has 302 valence electrons. The number of thioether (sulfide) groups is 2. The molecule has 3 aromatic rings. The van der Waals surface area contributed by atoms with Crippen molar-refractivity contribution >= 4 is 42.2 Å². The highest BCUT2D eigenvalue weighted by Crippen LogP contribution is 2.50. The number of benzene rings is 3. The van der Waals surface area contributed by atoms with E-state index in [1.165, 1.54) is 40.3 Å². The van der Waals surface area contributed by atoms with E-state index in [-0.39, 0.29) is 27.8 Å². The molecular weight excluding hydrogens is 741 g/mol. The Balaban J connectivity index is 1.09. The summed E-state index contributed by atoms with van der Waals surface area (Å²) in [6.07, 6.45) is 15.1. The second kappa shape index (κ2) is 21.1. The quantitative estimate of drug-likeness (QED) is 0.0877. The Kier molecular flexibility index (Phi) is 16.4. The first-order valence-electron chi connectivity index (χ1n) is 21.1. The molecule has 6 nitrogen and oxygen atoms in total. The maximum Gasteiger partial charge on any atom is 0.261 e. The van der Waals surface area contributed by atoms with E-state index >= 15 is 0 Å². The number of methoxy groups -OCH3 is 1. The minimum Gasteiger partial charge on any atom is -0.493 e. The Morgan fingerprint density at radius 2 is 1.42 bits per heavy atom. The molecule has 0 bridgehead atoms. The number of unbranched alkanes of at least 4 members (excludes halogenated alkanes) is 2. The summed E-state index contributed by atoms with van der Waals surface area (Å²) >= 11 is 4.32. The largest absolute Gasteiger partial charge is 0.493 e. The van der Waals surface area contributed by atoms with E-state index in [0.29, 0.717) is 0 Å². The molecule has 55 heavy (non-hydrogen) atoms. The van der Waals surface area contributed by atoms with Gasteiger partial charge >= 0.3 is 0 Å². The summed E-state index contributed by atoms with van der Waals surface area (Å²) in [6.45, 7) is 9.41. The smallest absolute Gasteiger partial charge is 0.261 e. The highest BCUT2D eigenvalue weighted by atomic mass is 32.2. The average molecular weight is 807 g/mol. The van der Waals surface area contributed by atoms with E-state index in [1.54, 1.807) is 7.11 Å². The number of hydrogen-bond donors (Lipinski definition) is 0. The van der Waals surface area contributed by atoms with Gasteiger partial charge in [-0.25, -0.2) is 0 Å². The molecule has 0 N–H and O–H groups in total. The lowest BCUT2D eigenvalue weighted by Crippen LogP contribution is -2.66. The van der Waals surface area contributed by atoms with Crippen molar-refractivity contribution in [1.29, 1.82) is 0 Å². The van der Waals surface area contributed by atoms with Gasteiger partial charge in [-0.2, -0.15) is 0 Å². The predicted octanol–water partition coefficient (Wildman–Crippen LogP) is 10.5. The first-order valence-corrected chi connectivity index (χ1v) is 24.9. The van der Waals surface area contributed by atoms with Crippen molar-refractivity contribution in [2.45, 2.75) is 138 Å². The number of aryl methyl sites for hydroxylation is 1. The van der Waals surface area contributed by atoms with Gasteiger partial charge in [-0.15, -0.1) is 23.5 Å².